The van der Waals surface area contributed by atoms with Gasteiger partial charge < -0.3 is 4.74 Å². The molecule has 0 spiro atoms. The number of rotatable bonds is 4. The first-order valence-electron chi connectivity index (χ1n) is 6.31. The lowest BCUT2D eigenvalue weighted by Crippen LogP contribution is -2.16. The van der Waals surface area contributed by atoms with E-state index in [1.165, 1.54) is 44.4 Å². The van der Waals surface area contributed by atoms with Crippen LogP contribution in [0, 0.1) is 12.7 Å². The molecule has 0 saturated heterocycles. The Kier molecular flexibility index (Phi) is 4.46. The van der Waals surface area contributed by atoms with E-state index in [-0.39, 0.29) is 21.7 Å². The van der Waals surface area contributed by atoms with Crippen LogP contribution in [0.15, 0.2) is 47.4 Å². The number of ether oxygens (including phenoxy) is 1. The number of methoxy groups -OCH3 is 1. The van der Waals surface area contributed by atoms with Gasteiger partial charge in [0.15, 0.2) is 0 Å². The van der Waals surface area contributed by atoms with E-state index in [0.717, 1.165) is 12.1 Å². The summed E-state index contributed by atoms with van der Waals surface area (Å²) in [6.45, 7) is 1.52. The average molecular weight is 323 g/mol. The molecule has 2 aromatic carbocycles. The van der Waals surface area contributed by atoms with Crippen LogP contribution in [-0.4, -0.2) is 21.5 Å². The third kappa shape index (κ3) is 3.25. The molecule has 0 aliphatic carbocycles. The van der Waals surface area contributed by atoms with Crippen LogP contribution in [0.4, 0.5) is 10.1 Å². The smallest absolute Gasteiger partial charge is 0.338 e. The van der Waals surface area contributed by atoms with Gasteiger partial charge in [-0.25, -0.2) is 17.6 Å². The predicted octanol–water partition coefficient (Wildman–Crippen LogP) is 2.72. The first-order valence-corrected chi connectivity index (χ1v) is 7.80. The number of sulfonamides is 1. The summed E-state index contributed by atoms with van der Waals surface area (Å²) in [5.74, 6) is -1.08. The van der Waals surface area contributed by atoms with Crippen molar-refractivity contribution >= 4 is 21.7 Å². The molecule has 0 aliphatic rings. The molecule has 7 heteroatoms. The molecule has 2 rings (SSSR count). The van der Waals surface area contributed by atoms with E-state index in [2.05, 4.69) is 9.46 Å². The van der Waals surface area contributed by atoms with E-state index in [1.807, 2.05) is 0 Å². The number of carbonyl (C=O) groups is 1. The van der Waals surface area contributed by atoms with Crippen LogP contribution < -0.4 is 4.72 Å². The van der Waals surface area contributed by atoms with Crippen molar-refractivity contribution < 1.29 is 22.3 Å². The number of esters is 1. The number of halogens is 1. The second-order valence-electron chi connectivity index (χ2n) is 4.53. The Morgan fingerprint density at radius 2 is 1.77 bits per heavy atom. The molecular weight excluding hydrogens is 309 g/mol. The molecule has 116 valence electrons. The molecule has 22 heavy (non-hydrogen) atoms. The Hall–Kier alpha value is -2.41. The van der Waals surface area contributed by atoms with Crippen molar-refractivity contribution in [1.82, 2.24) is 0 Å². The molecule has 0 amide bonds. The molecule has 1 N–H and O–H groups in total. The van der Waals surface area contributed by atoms with Crippen molar-refractivity contribution in [2.24, 2.45) is 0 Å². The summed E-state index contributed by atoms with van der Waals surface area (Å²) < 4.78 is 44.6. The molecule has 0 saturated carbocycles. The van der Waals surface area contributed by atoms with Crippen LogP contribution in [0.2, 0.25) is 0 Å². The number of benzene rings is 2. The zero-order valence-electron chi connectivity index (χ0n) is 12.0. The van der Waals surface area contributed by atoms with Gasteiger partial charge in [0.25, 0.3) is 10.0 Å². The number of nitrogens with one attached hydrogen (secondary N) is 1. The topological polar surface area (TPSA) is 72.5 Å². The van der Waals surface area contributed by atoms with Crippen molar-refractivity contribution in [2.75, 3.05) is 11.8 Å². The van der Waals surface area contributed by atoms with E-state index >= 15 is 0 Å². The summed E-state index contributed by atoms with van der Waals surface area (Å²) >= 11 is 0. The van der Waals surface area contributed by atoms with Crippen molar-refractivity contribution in [3.05, 3.63) is 59.4 Å². The van der Waals surface area contributed by atoms with Crippen molar-refractivity contribution in [3.8, 4) is 0 Å². The second kappa shape index (κ2) is 6.15. The van der Waals surface area contributed by atoms with E-state index in [9.17, 15) is 17.6 Å². The lowest BCUT2D eigenvalue weighted by Gasteiger charge is -2.12. The minimum Gasteiger partial charge on any atom is -0.465 e. The first kappa shape index (κ1) is 16.0. The number of hydrogen-bond donors (Lipinski definition) is 1. The second-order valence-corrected chi connectivity index (χ2v) is 6.18. The lowest BCUT2D eigenvalue weighted by molar-refractivity contribution is 0.0599. The predicted molar refractivity (Wildman–Crippen MR) is 79.7 cm³/mol. The Labute approximate surface area is 127 Å². The maximum atomic E-state index is 12.9. The molecule has 0 aromatic heterocycles. The zero-order valence-corrected chi connectivity index (χ0v) is 12.8. The Morgan fingerprint density at radius 1 is 1.14 bits per heavy atom. The molecule has 0 heterocycles. The van der Waals surface area contributed by atoms with Gasteiger partial charge in [-0.2, -0.15) is 0 Å². The standard InChI is InChI=1S/C15H14FNO4S/c1-10-13(15(18)21-2)4-3-5-14(10)22(19,20)17-12-8-6-11(16)7-9-12/h3-9,17H,1-2H3. The highest BCUT2D eigenvalue weighted by atomic mass is 32.2. The fourth-order valence-corrected chi connectivity index (χ4v) is 3.29. The highest BCUT2D eigenvalue weighted by Crippen LogP contribution is 2.22. The van der Waals surface area contributed by atoms with Gasteiger partial charge in [-0.05, 0) is 48.9 Å². The molecule has 0 unspecified atom stereocenters. The Morgan fingerprint density at radius 3 is 2.36 bits per heavy atom. The van der Waals surface area contributed by atoms with Crippen LogP contribution >= 0.6 is 0 Å². The fourth-order valence-electron chi connectivity index (χ4n) is 1.96. The largest absolute Gasteiger partial charge is 0.465 e. The van der Waals surface area contributed by atoms with E-state index in [1.54, 1.807) is 0 Å². The molecule has 0 radical (unpaired) electrons. The lowest BCUT2D eigenvalue weighted by atomic mass is 10.1. The van der Waals surface area contributed by atoms with Crippen LogP contribution in [0.5, 0.6) is 0 Å². The molecule has 0 fully saturated rings. The minimum absolute atomic E-state index is 0.0419. The van der Waals surface area contributed by atoms with Gasteiger partial charge in [0.2, 0.25) is 0 Å². The number of anilines is 1. The summed E-state index contributed by atoms with van der Waals surface area (Å²) in [6, 6.07) is 9.24. The van der Waals surface area contributed by atoms with Gasteiger partial charge >= 0.3 is 5.97 Å². The Balaban J connectivity index is 2.41. The van der Waals surface area contributed by atoms with Gasteiger partial charge in [0.05, 0.1) is 17.6 Å². The van der Waals surface area contributed by atoms with Gasteiger partial charge in [-0.3, -0.25) is 4.72 Å². The number of hydrogen-bond acceptors (Lipinski definition) is 4. The zero-order chi connectivity index (χ0) is 16.3. The van der Waals surface area contributed by atoms with Gasteiger partial charge in [0.1, 0.15) is 5.82 Å². The summed E-state index contributed by atoms with van der Waals surface area (Å²) in [5, 5.41) is 0. The number of carbonyl (C=O) groups excluding carboxylic acids is 1. The van der Waals surface area contributed by atoms with Crippen molar-refractivity contribution in [3.63, 3.8) is 0 Å². The molecule has 0 aliphatic heterocycles. The minimum atomic E-state index is -3.90. The molecule has 0 bridgehead atoms. The summed E-state index contributed by atoms with van der Waals surface area (Å²) in [6.07, 6.45) is 0. The fraction of sp³-hybridized carbons (Fsp3) is 0.133. The highest BCUT2D eigenvalue weighted by Gasteiger charge is 2.21. The summed E-state index contributed by atoms with van der Waals surface area (Å²) in [5.41, 5.74) is 0.678. The highest BCUT2D eigenvalue weighted by molar-refractivity contribution is 7.92. The monoisotopic (exact) mass is 323 g/mol. The van der Waals surface area contributed by atoms with Crippen LogP contribution in [0.25, 0.3) is 0 Å². The third-order valence-corrected chi connectivity index (χ3v) is 4.60. The maximum absolute atomic E-state index is 12.9. The van der Waals surface area contributed by atoms with Crippen molar-refractivity contribution in [1.29, 1.82) is 0 Å². The van der Waals surface area contributed by atoms with Crippen molar-refractivity contribution in [2.45, 2.75) is 11.8 Å². The van der Waals surface area contributed by atoms with E-state index in [4.69, 9.17) is 0 Å². The first-order chi connectivity index (χ1) is 10.3. The maximum Gasteiger partial charge on any atom is 0.338 e. The van der Waals surface area contributed by atoms with Gasteiger partial charge in [-0.15, -0.1) is 0 Å². The Bertz CT molecular complexity index is 801. The SMILES string of the molecule is COC(=O)c1cccc(S(=O)(=O)Nc2ccc(F)cc2)c1C. The summed E-state index contributed by atoms with van der Waals surface area (Å²) in [7, 11) is -2.68. The molecule has 0 atom stereocenters. The average Bonchev–Trinajstić information content (AvgIpc) is 2.48. The van der Waals surface area contributed by atoms with Crippen LogP contribution in [0.1, 0.15) is 15.9 Å². The normalized spacial score (nSPS) is 11.0. The third-order valence-electron chi connectivity index (χ3n) is 3.08. The molecular formula is C15H14FNO4S. The van der Waals surface area contributed by atoms with E-state index < -0.39 is 21.8 Å². The quantitative estimate of drug-likeness (QED) is 0.878. The van der Waals surface area contributed by atoms with Crippen LogP contribution in [0.3, 0.4) is 0 Å². The summed E-state index contributed by atoms with van der Waals surface area (Å²) in [4.78, 5) is 11.6. The van der Waals surface area contributed by atoms with E-state index in [0.29, 0.717) is 0 Å². The van der Waals surface area contributed by atoms with Gasteiger partial charge in [0, 0.05) is 5.69 Å². The van der Waals surface area contributed by atoms with Gasteiger partial charge in [-0.1, -0.05) is 6.07 Å². The molecule has 5 nitrogen and oxygen atoms in total. The molecule has 2 aromatic rings. The van der Waals surface area contributed by atoms with Crippen LogP contribution in [-0.2, 0) is 14.8 Å².